The lowest BCUT2D eigenvalue weighted by atomic mass is 9.82. The summed E-state index contributed by atoms with van der Waals surface area (Å²) in [7, 11) is 0. The summed E-state index contributed by atoms with van der Waals surface area (Å²) in [6.07, 6.45) is 7.99. The molecule has 2 aliphatic carbocycles. The smallest absolute Gasteiger partial charge is 0.121 e. The van der Waals surface area contributed by atoms with Crippen LogP contribution in [0.2, 0.25) is 0 Å². The fraction of sp³-hybridized carbons (Fsp3) is 0.765. The van der Waals surface area contributed by atoms with Gasteiger partial charge >= 0.3 is 0 Å². The molecule has 2 bridgehead atoms. The number of furan rings is 1. The highest BCUT2D eigenvalue weighted by molar-refractivity contribution is 5.13. The van der Waals surface area contributed by atoms with Crippen LogP contribution in [0.5, 0.6) is 0 Å². The van der Waals surface area contributed by atoms with E-state index in [1.165, 1.54) is 37.9 Å². The summed E-state index contributed by atoms with van der Waals surface area (Å²) in [5.74, 6) is 5.06. The molecule has 0 spiro atoms. The molecule has 2 nitrogen and oxygen atoms in total. The third-order valence-corrected chi connectivity index (χ3v) is 5.17. The molecule has 106 valence electrons. The van der Waals surface area contributed by atoms with Crippen molar-refractivity contribution in [3.63, 3.8) is 0 Å². The molecule has 19 heavy (non-hydrogen) atoms. The van der Waals surface area contributed by atoms with Gasteiger partial charge in [0, 0.05) is 6.42 Å². The van der Waals surface area contributed by atoms with Crippen molar-refractivity contribution in [2.75, 3.05) is 6.54 Å². The maximum absolute atomic E-state index is 6.05. The zero-order valence-corrected chi connectivity index (χ0v) is 12.3. The van der Waals surface area contributed by atoms with Gasteiger partial charge in [0.05, 0.1) is 6.04 Å². The van der Waals surface area contributed by atoms with Crippen LogP contribution in [0, 0.1) is 17.8 Å². The quantitative estimate of drug-likeness (QED) is 0.825. The number of rotatable bonds is 6. The number of aryl methyl sites for hydroxylation is 1. The Morgan fingerprint density at radius 3 is 2.74 bits per heavy atom. The van der Waals surface area contributed by atoms with Crippen LogP contribution in [0.1, 0.15) is 63.5 Å². The second-order valence-corrected chi connectivity index (χ2v) is 6.43. The number of hydrogen-bond acceptors (Lipinski definition) is 2. The van der Waals surface area contributed by atoms with Crippen molar-refractivity contribution in [1.29, 1.82) is 0 Å². The Kier molecular flexibility index (Phi) is 3.97. The lowest BCUT2D eigenvalue weighted by Gasteiger charge is -2.30. The first kappa shape index (κ1) is 13.2. The van der Waals surface area contributed by atoms with E-state index < -0.39 is 0 Å². The van der Waals surface area contributed by atoms with Crippen LogP contribution < -0.4 is 5.32 Å². The minimum Gasteiger partial charge on any atom is -0.464 e. The SMILES string of the molecule is CCCNC(c1ccc(CC)o1)C1CC2CCC1C2. The minimum atomic E-state index is 0.454. The molecule has 0 saturated heterocycles. The van der Waals surface area contributed by atoms with Crippen molar-refractivity contribution >= 4 is 0 Å². The van der Waals surface area contributed by atoms with Gasteiger partial charge in [0.15, 0.2) is 0 Å². The Bertz CT molecular complexity index is 411. The second-order valence-electron chi connectivity index (χ2n) is 6.43. The number of fused-ring (bicyclic) bond motifs is 2. The van der Waals surface area contributed by atoms with Crippen molar-refractivity contribution < 1.29 is 4.42 Å². The van der Waals surface area contributed by atoms with Gasteiger partial charge in [-0.3, -0.25) is 0 Å². The Morgan fingerprint density at radius 2 is 2.16 bits per heavy atom. The van der Waals surface area contributed by atoms with Crippen molar-refractivity contribution in [1.82, 2.24) is 5.32 Å². The second kappa shape index (κ2) is 5.70. The van der Waals surface area contributed by atoms with Crippen LogP contribution in [0.3, 0.4) is 0 Å². The van der Waals surface area contributed by atoms with Gasteiger partial charge in [-0.1, -0.05) is 20.3 Å². The van der Waals surface area contributed by atoms with Gasteiger partial charge in [-0.25, -0.2) is 0 Å². The average molecular weight is 261 g/mol. The molecule has 3 rings (SSSR count). The van der Waals surface area contributed by atoms with E-state index in [9.17, 15) is 0 Å². The van der Waals surface area contributed by atoms with Crippen LogP contribution in [0.4, 0.5) is 0 Å². The fourth-order valence-electron chi connectivity index (χ4n) is 4.22. The van der Waals surface area contributed by atoms with Gasteiger partial charge in [-0.05, 0) is 62.1 Å². The lowest BCUT2D eigenvalue weighted by molar-refractivity contribution is 0.224. The van der Waals surface area contributed by atoms with Crippen molar-refractivity contribution in [2.45, 2.75) is 58.4 Å². The zero-order valence-electron chi connectivity index (χ0n) is 12.3. The standard InChI is InChI=1S/C17H27NO/c1-3-9-18-17(16-8-7-14(4-2)19-16)15-11-12-5-6-13(15)10-12/h7-8,12-13,15,17-18H,3-6,9-11H2,1-2H3. The summed E-state index contributed by atoms with van der Waals surface area (Å²) in [6, 6.07) is 4.82. The highest BCUT2D eigenvalue weighted by Gasteiger charge is 2.44. The van der Waals surface area contributed by atoms with Crippen LogP contribution >= 0.6 is 0 Å². The summed E-state index contributed by atoms with van der Waals surface area (Å²) in [5.41, 5.74) is 0. The predicted molar refractivity (Wildman–Crippen MR) is 78.1 cm³/mol. The highest BCUT2D eigenvalue weighted by atomic mass is 16.3. The molecule has 1 aromatic rings. The van der Waals surface area contributed by atoms with Crippen LogP contribution in [-0.2, 0) is 6.42 Å². The summed E-state index contributed by atoms with van der Waals surface area (Å²) in [6.45, 7) is 5.50. The molecule has 2 heteroatoms. The van der Waals surface area contributed by atoms with E-state index in [-0.39, 0.29) is 0 Å². The summed E-state index contributed by atoms with van der Waals surface area (Å²) in [5, 5.41) is 3.76. The number of nitrogens with one attached hydrogen (secondary N) is 1. The van der Waals surface area contributed by atoms with Gasteiger partial charge in [-0.2, -0.15) is 0 Å². The van der Waals surface area contributed by atoms with Crippen molar-refractivity contribution in [2.24, 2.45) is 17.8 Å². The molecule has 0 amide bonds. The molecule has 1 N–H and O–H groups in total. The molecular weight excluding hydrogens is 234 g/mol. The predicted octanol–water partition coefficient (Wildman–Crippen LogP) is 4.32. The molecule has 2 saturated carbocycles. The lowest BCUT2D eigenvalue weighted by Crippen LogP contribution is -2.31. The Labute approximate surface area is 117 Å². The zero-order chi connectivity index (χ0) is 13.2. The van der Waals surface area contributed by atoms with E-state index in [1.807, 2.05) is 0 Å². The molecule has 0 aliphatic heterocycles. The molecule has 4 atom stereocenters. The van der Waals surface area contributed by atoms with E-state index >= 15 is 0 Å². The monoisotopic (exact) mass is 261 g/mol. The van der Waals surface area contributed by atoms with Crippen LogP contribution in [-0.4, -0.2) is 6.54 Å². The van der Waals surface area contributed by atoms with E-state index in [1.54, 1.807) is 0 Å². The molecule has 0 aromatic carbocycles. The first-order valence-corrected chi connectivity index (χ1v) is 8.13. The molecule has 0 radical (unpaired) electrons. The Morgan fingerprint density at radius 1 is 1.26 bits per heavy atom. The summed E-state index contributed by atoms with van der Waals surface area (Å²) < 4.78 is 6.05. The van der Waals surface area contributed by atoms with E-state index in [0.717, 1.165) is 36.5 Å². The van der Waals surface area contributed by atoms with Crippen molar-refractivity contribution in [3.8, 4) is 0 Å². The van der Waals surface area contributed by atoms with Crippen molar-refractivity contribution in [3.05, 3.63) is 23.7 Å². The van der Waals surface area contributed by atoms with Gasteiger partial charge < -0.3 is 9.73 Å². The first-order chi connectivity index (χ1) is 9.31. The first-order valence-electron chi connectivity index (χ1n) is 8.13. The summed E-state index contributed by atoms with van der Waals surface area (Å²) in [4.78, 5) is 0. The van der Waals surface area contributed by atoms with Crippen LogP contribution in [0.15, 0.2) is 16.5 Å². The van der Waals surface area contributed by atoms with E-state index in [0.29, 0.717) is 6.04 Å². The van der Waals surface area contributed by atoms with E-state index in [4.69, 9.17) is 4.42 Å². The van der Waals surface area contributed by atoms with E-state index in [2.05, 4.69) is 31.3 Å². The minimum absolute atomic E-state index is 0.454. The summed E-state index contributed by atoms with van der Waals surface area (Å²) >= 11 is 0. The maximum atomic E-state index is 6.05. The number of hydrogen-bond donors (Lipinski definition) is 1. The van der Waals surface area contributed by atoms with Gasteiger partial charge in [0.2, 0.25) is 0 Å². The molecular formula is C17H27NO. The molecule has 1 heterocycles. The molecule has 4 unspecified atom stereocenters. The van der Waals surface area contributed by atoms with Crippen LogP contribution in [0.25, 0.3) is 0 Å². The molecule has 2 aliphatic rings. The Hall–Kier alpha value is -0.760. The Balaban J connectivity index is 1.76. The highest BCUT2D eigenvalue weighted by Crippen LogP contribution is 2.52. The van der Waals surface area contributed by atoms with Gasteiger partial charge in [-0.15, -0.1) is 0 Å². The normalized spacial score (nSPS) is 30.9. The molecule has 1 aromatic heterocycles. The largest absolute Gasteiger partial charge is 0.464 e. The maximum Gasteiger partial charge on any atom is 0.121 e. The third-order valence-electron chi connectivity index (χ3n) is 5.17. The third kappa shape index (κ3) is 2.60. The van der Waals surface area contributed by atoms with Gasteiger partial charge in [0.25, 0.3) is 0 Å². The average Bonchev–Trinajstić information content (AvgIpc) is 3.15. The molecule has 2 fully saturated rings. The topological polar surface area (TPSA) is 25.2 Å². The van der Waals surface area contributed by atoms with Gasteiger partial charge in [0.1, 0.15) is 11.5 Å². The fourth-order valence-corrected chi connectivity index (χ4v) is 4.22.